The monoisotopic (exact) mass is 375 g/mol. The highest BCUT2D eigenvalue weighted by Gasteiger charge is 2.20. The number of para-hydroxylation sites is 2. The fourth-order valence-electron chi connectivity index (χ4n) is 2.51. The second-order valence-corrected chi connectivity index (χ2v) is 6.28. The quantitative estimate of drug-likeness (QED) is 0.688. The van der Waals surface area contributed by atoms with E-state index in [0.717, 1.165) is 0 Å². The molecule has 1 N–H and O–H groups in total. The molecule has 0 unspecified atom stereocenters. The molecule has 6 nitrogen and oxygen atoms in total. The zero-order valence-corrected chi connectivity index (χ0v) is 14.4. The molecular weight excluding hydrogens is 361 g/mol. The third-order valence-corrected chi connectivity index (χ3v) is 4.02. The number of fused-ring (bicyclic) bond motifs is 1. The molecule has 0 bridgehead atoms. The fraction of sp³-hybridized carbons (Fsp3) is 0.0556. The van der Waals surface area contributed by atoms with Crippen molar-refractivity contribution in [2.45, 2.75) is 0 Å². The number of hydrogen-bond donors (Lipinski definition) is 1. The van der Waals surface area contributed by atoms with E-state index in [0.29, 0.717) is 22.2 Å². The van der Waals surface area contributed by atoms with Gasteiger partial charge in [-0.3, -0.25) is 4.79 Å². The molecule has 3 aromatic carbocycles. The third kappa shape index (κ3) is 3.92. The molecule has 0 aromatic heterocycles. The molecule has 0 spiro atoms. The highest BCUT2D eigenvalue weighted by molar-refractivity contribution is 7.81. The van der Waals surface area contributed by atoms with Crippen LogP contribution >= 0.6 is 0 Å². The topological polar surface area (TPSA) is 81.7 Å². The lowest BCUT2D eigenvalue weighted by Gasteiger charge is -2.13. The summed E-state index contributed by atoms with van der Waals surface area (Å²) in [5.74, 6) is -0.653. The molecule has 0 saturated carbocycles. The average molecular weight is 375 g/mol. The summed E-state index contributed by atoms with van der Waals surface area (Å²) < 4.78 is 44.5. The van der Waals surface area contributed by atoms with Crippen molar-refractivity contribution in [3.05, 3.63) is 66.2 Å². The number of nitrogens with one attached hydrogen (secondary N) is 1. The van der Waals surface area contributed by atoms with Crippen molar-refractivity contribution in [2.75, 3.05) is 12.4 Å². The number of ether oxygens (including phenoxy) is 1. The summed E-state index contributed by atoms with van der Waals surface area (Å²) in [7, 11) is -3.84. The first-order chi connectivity index (χ1) is 12.4. The van der Waals surface area contributed by atoms with Crippen LogP contribution in [-0.2, 0) is 10.5 Å². The van der Waals surface area contributed by atoms with Crippen LogP contribution in [0.3, 0.4) is 0 Å². The Morgan fingerprint density at radius 1 is 0.962 bits per heavy atom. The highest BCUT2D eigenvalue weighted by atomic mass is 32.3. The van der Waals surface area contributed by atoms with E-state index < -0.39 is 22.2 Å². The molecule has 3 rings (SSSR count). The molecule has 1 amide bonds. The third-order valence-electron chi connectivity index (χ3n) is 3.64. The average Bonchev–Trinajstić information content (AvgIpc) is 2.60. The summed E-state index contributed by atoms with van der Waals surface area (Å²) >= 11 is 0. The van der Waals surface area contributed by atoms with Crippen LogP contribution in [0.2, 0.25) is 0 Å². The number of amides is 1. The van der Waals surface area contributed by atoms with E-state index in [1.165, 1.54) is 19.2 Å². The van der Waals surface area contributed by atoms with E-state index in [1.54, 1.807) is 48.5 Å². The first-order valence-corrected chi connectivity index (χ1v) is 8.79. The summed E-state index contributed by atoms with van der Waals surface area (Å²) in [5.41, 5.74) is 0.248. The number of anilines is 1. The fourth-order valence-corrected chi connectivity index (χ4v) is 2.86. The highest BCUT2D eigenvalue weighted by Crippen LogP contribution is 2.30. The van der Waals surface area contributed by atoms with Gasteiger partial charge in [-0.05, 0) is 35.0 Å². The lowest BCUT2D eigenvalue weighted by Crippen LogP contribution is -2.15. The normalized spacial score (nSPS) is 11.2. The van der Waals surface area contributed by atoms with Crippen LogP contribution in [0.5, 0.6) is 11.5 Å². The Labute approximate surface area is 149 Å². The number of benzene rings is 3. The van der Waals surface area contributed by atoms with E-state index >= 15 is 0 Å². The lowest BCUT2D eigenvalue weighted by atomic mass is 10.1. The van der Waals surface area contributed by atoms with Gasteiger partial charge in [-0.1, -0.05) is 40.3 Å². The Morgan fingerprint density at radius 3 is 2.23 bits per heavy atom. The summed E-state index contributed by atoms with van der Waals surface area (Å²) in [5, 5.41) is 3.87. The van der Waals surface area contributed by atoms with Gasteiger partial charge in [0.15, 0.2) is 5.75 Å². The van der Waals surface area contributed by atoms with Gasteiger partial charge >= 0.3 is 10.5 Å². The van der Waals surface area contributed by atoms with Gasteiger partial charge in [0.1, 0.15) is 5.75 Å². The smallest absolute Gasteiger partial charge is 0.488 e. The van der Waals surface area contributed by atoms with Crippen LogP contribution in [-0.4, -0.2) is 21.4 Å². The minimum atomic E-state index is -5.29. The SMILES string of the molecule is COc1ccccc1NC(=O)c1cc2ccccc2cc1OS(=O)(=O)F. The minimum Gasteiger partial charge on any atom is -0.495 e. The standard InChI is InChI=1S/C18H14FNO5S/c1-24-16-9-5-4-8-15(16)20-18(21)14-10-12-6-2-3-7-13(12)11-17(14)25-26(19,22)23/h2-11H,1H3,(H,20,21). The molecule has 0 heterocycles. The van der Waals surface area contributed by atoms with Crippen molar-refractivity contribution in [3.8, 4) is 11.5 Å². The molecule has 8 heteroatoms. The Bertz CT molecular complexity index is 1080. The van der Waals surface area contributed by atoms with Gasteiger partial charge in [0.2, 0.25) is 0 Å². The number of halogens is 1. The van der Waals surface area contributed by atoms with Gasteiger partial charge in [-0.15, -0.1) is 0 Å². The van der Waals surface area contributed by atoms with E-state index in [4.69, 9.17) is 4.74 Å². The lowest BCUT2D eigenvalue weighted by molar-refractivity contribution is 0.102. The predicted octanol–water partition coefficient (Wildman–Crippen LogP) is 3.69. The maximum atomic E-state index is 13.1. The van der Waals surface area contributed by atoms with Gasteiger partial charge in [0, 0.05) is 0 Å². The van der Waals surface area contributed by atoms with Crippen molar-refractivity contribution >= 4 is 32.9 Å². The zero-order chi connectivity index (χ0) is 18.7. The first-order valence-electron chi connectivity index (χ1n) is 7.48. The minimum absolute atomic E-state index is 0.129. The number of rotatable bonds is 5. The Kier molecular flexibility index (Phi) is 4.77. The van der Waals surface area contributed by atoms with Crippen molar-refractivity contribution < 1.29 is 26.0 Å². The van der Waals surface area contributed by atoms with Gasteiger partial charge in [-0.25, -0.2) is 0 Å². The van der Waals surface area contributed by atoms with E-state index in [-0.39, 0.29) is 5.56 Å². The largest absolute Gasteiger partial charge is 0.495 e. The molecule has 3 aromatic rings. The van der Waals surface area contributed by atoms with Crippen molar-refractivity contribution in [3.63, 3.8) is 0 Å². The molecule has 0 fully saturated rings. The zero-order valence-electron chi connectivity index (χ0n) is 13.6. The molecule has 0 atom stereocenters. The van der Waals surface area contributed by atoms with Crippen molar-refractivity contribution in [2.24, 2.45) is 0 Å². The van der Waals surface area contributed by atoms with Gasteiger partial charge in [-0.2, -0.15) is 8.42 Å². The van der Waals surface area contributed by atoms with Crippen LogP contribution in [0, 0.1) is 0 Å². The molecule has 0 saturated heterocycles. The van der Waals surface area contributed by atoms with Crippen LogP contribution in [0.25, 0.3) is 10.8 Å². The maximum absolute atomic E-state index is 13.1. The maximum Gasteiger partial charge on any atom is 0.488 e. The summed E-state index contributed by atoms with van der Waals surface area (Å²) in [6.07, 6.45) is 0. The molecule has 134 valence electrons. The van der Waals surface area contributed by atoms with Crippen molar-refractivity contribution in [1.82, 2.24) is 0 Å². The molecular formula is C18H14FNO5S. The molecule has 26 heavy (non-hydrogen) atoms. The molecule has 0 aliphatic rings. The van der Waals surface area contributed by atoms with E-state index in [1.807, 2.05) is 0 Å². The summed E-state index contributed by atoms with van der Waals surface area (Å²) in [6, 6.07) is 16.3. The first kappa shape index (κ1) is 17.7. The second kappa shape index (κ2) is 7.01. The van der Waals surface area contributed by atoms with Gasteiger partial charge < -0.3 is 14.2 Å². The van der Waals surface area contributed by atoms with Crippen LogP contribution in [0.4, 0.5) is 9.57 Å². The predicted molar refractivity (Wildman–Crippen MR) is 95.6 cm³/mol. The summed E-state index contributed by atoms with van der Waals surface area (Å²) in [6.45, 7) is 0. The number of carbonyl (C=O) groups excluding carboxylic acids is 1. The van der Waals surface area contributed by atoms with E-state index in [2.05, 4.69) is 9.50 Å². The van der Waals surface area contributed by atoms with Crippen LogP contribution in [0.1, 0.15) is 10.4 Å². The molecule has 0 aliphatic heterocycles. The van der Waals surface area contributed by atoms with Gasteiger partial charge in [0.25, 0.3) is 5.91 Å². The van der Waals surface area contributed by atoms with Crippen molar-refractivity contribution in [1.29, 1.82) is 0 Å². The Hall–Kier alpha value is -3.13. The Morgan fingerprint density at radius 2 is 1.58 bits per heavy atom. The molecule has 0 aliphatic carbocycles. The summed E-state index contributed by atoms with van der Waals surface area (Å²) in [4.78, 5) is 12.7. The number of methoxy groups -OCH3 is 1. The number of carbonyl (C=O) groups is 1. The number of hydrogen-bond acceptors (Lipinski definition) is 5. The van der Waals surface area contributed by atoms with Crippen LogP contribution in [0.15, 0.2) is 60.7 Å². The second-order valence-electron chi connectivity index (χ2n) is 5.33. The van der Waals surface area contributed by atoms with Crippen LogP contribution < -0.4 is 14.2 Å². The van der Waals surface area contributed by atoms with Gasteiger partial charge in [0.05, 0.1) is 18.4 Å². The molecule has 0 radical (unpaired) electrons. The Balaban J connectivity index is 2.06. The van der Waals surface area contributed by atoms with E-state index in [9.17, 15) is 17.1 Å².